The zero-order valence-electron chi connectivity index (χ0n) is 15.6. The molecule has 0 radical (unpaired) electrons. The minimum atomic E-state index is -0.847. The SMILES string of the molecule is Cc1nc2ccccc2c(C)c1C(=O)OCC(=O)Nc1cc([N+](=O)[O-])ccc1F. The zero-order valence-corrected chi connectivity index (χ0v) is 15.6. The number of hydrogen-bond acceptors (Lipinski definition) is 6. The molecule has 0 aliphatic rings. The number of nitrogens with one attached hydrogen (secondary N) is 1. The summed E-state index contributed by atoms with van der Waals surface area (Å²) >= 11 is 0. The highest BCUT2D eigenvalue weighted by Gasteiger charge is 2.19. The first kappa shape index (κ1) is 19.9. The number of pyridine rings is 1. The molecule has 0 atom stereocenters. The van der Waals surface area contributed by atoms with Crippen molar-refractivity contribution in [1.29, 1.82) is 0 Å². The van der Waals surface area contributed by atoms with E-state index >= 15 is 0 Å². The number of ether oxygens (including phenoxy) is 1. The molecule has 0 aliphatic heterocycles. The van der Waals surface area contributed by atoms with Gasteiger partial charge in [0.25, 0.3) is 11.6 Å². The van der Waals surface area contributed by atoms with Gasteiger partial charge in [0.2, 0.25) is 0 Å². The van der Waals surface area contributed by atoms with E-state index in [2.05, 4.69) is 10.3 Å². The Kier molecular flexibility index (Phi) is 5.49. The summed E-state index contributed by atoms with van der Waals surface area (Å²) in [6.07, 6.45) is 0. The Hall–Kier alpha value is -3.88. The first-order valence-electron chi connectivity index (χ1n) is 8.54. The molecule has 0 saturated heterocycles. The molecule has 29 heavy (non-hydrogen) atoms. The van der Waals surface area contributed by atoms with Crippen LogP contribution in [0.3, 0.4) is 0 Å². The summed E-state index contributed by atoms with van der Waals surface area (Å²) in [5.74, 6) is -2.42. The van der Waals surface area contributed by atoms with Crippen molar-refractivity contribution in [2.24, 2.45) is 0 Å². The maximum atomic E-state index is 13.8. The number of amides is 1. The average molecular weight is 397 g/mol. The second-order valence-electron chi connectivity index (χ2n) is 6.26. The monoisotopic (exact) mass is 397 g/mol. The summed E-state index contributed by atoms with van der Waals surface area (Å²) < 4.78 is 18.8. The topological polar surface area (TPSA) is 111 Å². The van der Waals surface area contributed by atoms with Crippen LogP contribution in [0.15, 0.2) is 42.5 Å². The molecule has 0 aliphatic carbocycles. The Labute approximate surface area is 164 Å². The van der Waals surface area contributed by atoms with Crippen LogP contribution in [-0.4, -0.2) is 28.4 Å². The summed E-state index contributed by atoms with van der Waals surface area (Å²) in [4.78, 5) is 38.9. The Bertz CT molecular complexity index is 1150. The molecule has 0 bridgehead atoms. The molecule has 1 aromatic heterocycles. The number of fused-ring (bicyclic) bond motifs is 1. The van der Waals surface area contributed by atoms with Crippen molar-refractivity contribution in [1.82, 2.24) is 4.98 Å². The minimum Gasteiger partial charge on any atom is -0.452 e. The maximum absolute atomic E-state index is 13.8. The number of hydrogen-bond donors (Lipinski definition) is 1. The van der Waals surface area contributed by atoms with Gasteiger partial charge in [0, 0.05) is 17.5 Å². The molecule has 0 spiro atoms. The van der Waals surface area contributed by atoms with Crippen LogP contribution in [0.2, 0.25) is 0 Å². The number of esters is 1. The van der Waals surface area contributed by atoms with Gasteiger partial charge in [0.05, 0.1) is 27.4 Å². The number of aryl methyl sites for hydroxylation is 2. The first-order chi connectivity index (χ1) is 13.8. The van der Waals surface area contributed by atoms with Crippen LogP contribution in [0.4, 0.5) is 15.8 Å². The molecular formula is C20H16FN3O5. The molecule has 1 N–H and O–H groups in total. The van der Waals surface area contributed by atoms with E-state index < -0.39 is 29.2 Å². The number of nitrogens with zero attached hydrogens (tertiary/aromatic N) is 2. The Morgan fingerprint density at radius 3 is 2.66 bits per heavy atom. The van der Waals surface area contributed by atoms with Gasteiger partial charge in [0.15, 0.2) is 6.61 Å². The first-order valence-corrected chi connectivity index (χ1v) is 8.54. The van der Waals surface area contributed by atoms with Gasteiger partial charge >= 0.3 is 5.97 Å². The van der Waals surface area contributed by atoms with Gasteiger partial charge in [-0.1, -0.05) is 18.2 Å². The number of nitro benzene ring substituents is 1. The molecular weight excluding hydrogens is 381 g/mol. The van der Waals surface area contributed by atoms with E-state index in [1.54, 1.807) is 13.8 Å². The molecule has 1 heterocycles. The van der Waals surface area contributed by atoms with Gasteiger partial charge in [-0.25, -0.2) is 9.18 Å². The van der Waals surface area contributed by atoms with Gasteiger partial charge in [-0.05, 0) is 31.5 Å². The lowest BCUT2D eigenvalue weighted by Crippen LogP contribution is -2.22. The number of non-ortho nitro benzene ring substituents is 1. The van der Waals surface area contributed by atoms with Crippen molar-refractivity contribution in [3.8, 4) is 0 Å². The predicted octanol–water partition coefficient (Wildman–Crippen LogP) is 3.69. The lowest BCUT2D eigenvalue weighted by atomic mass is 10.0. The molecule has 2 aromatic carbocycles. The lowest BCUT2D eigenvalue weighted by Gasteiger charge is -2.12. The number of halogens is 1. The van der Waals surface area contributed by atoms with E-state index in [9.17, 15) is 24.1 Å². The van der Waals surface area contributed by atoms with Crippen LogP contribution in [0.5, 0.6) is 0 Å². The van der Waals surface area contributed by atoms with E-state index in [1.807, 2.05) is 24.3 Å². The summed E-state index contributed by atoms with van der Waals surface area (Å²) in [5, 5.41) is 13.7. The van der Waals surface area contributed by atoms with Crippen LogP contribution >= 0.6 is 0 Å². The van der Waals surface area contributed by atoms with Crippen molar-refractivity contribution in [2.75, 3.05) is 11.9 Å². The fraction of sp³-hybridized carbons (Fsp3) is 0.150. The van der Waals surface area contributed by atoms with Gasteiger partial charge in [-0.15, -0.1) is 0 Å². The van der Waals surface area contributed by atoms with Crippen LogP contribution in [0.25, 0.3) is 10.9 Å². The molecule has 3 rings (SSSR count). The Morgan fingerprint density at radius 1 is 1.21 bits per heavy atom. The smallest absolute Gasteiger partial charge is 0.340 e. The average Bonchev–Trinajstić information content (AvgIpc) is 2.68. The molecule has 148 valence electrons. The van der Waals surface area contributed by atoms with Gasteiger partial charge in [-0.3, -0.25) is 19.9 Å². The fourth-order valence-electron chi connectivity index (χ4n) is 2.94. The van der Waals surface area contributed by atoms with Gasteiger partial charge < -0.3 is 10.1 Å². The van der Waals surface area contributed by atoms with E-state index in [4.69, 9.17) is 4.74 Å². The van der Waals surface area contributed by atoms with Crippen LogP contribution in [0, 0.1) is 29.8 Å². The number of nitro groups is 1. The predicted molar refractivity (Wildman–Crippen MR) is 103 cm³/mol. The second kappa shape index (κ2) is 8.01. The number of benzene rings is 2. The van der Waals surface area contributed by atoms with Crippen LogP contribution in [0.1, 0.15) is 21.6 Å². The highest BCUT2D eigenvalue weighted by atomic mass is 19.1. The number of carbonyl (C=O) groups excluding carboxylic acids is 2. The highest BCUT2D eigenvalue weighted by molar-refractivity contribution is 6.00. The standard InChI is InChI=1S/C20H16FN3O5/c1-11-14-5-3-4-6-16(14)22-12(2)19(11)20(26)29-10-18(25)23-17-9-13(24(27)28)7-8-15(17)21/h3-9H,10H2,1-2H3,(H,23,25). The molecule has 8 nitrogen and oxygen atoms in total. The zero-order chi connectivity index (χ0) is 21.1. The molecule has 9 heteroatoms. The quantitative estimate of drug-likeness (QED) is 0.399. The molecule has 0 fully saturated rings. The van der Waals surface area contributed by atoms with Gasteiger partial charge in [-0.2, -0.15) is 0 Å². The number of rotatable bonds is 5. The van der Waals surface area contributed by atoms with Crippen molar-refractivity contribution in [2.45, 2.75) is 13.8 Å². The maximum Gasteiger partial charge on any atom is 0.340 e. The summed E-state index contributed by atoms with van der Waals surface area (Å²) in [7, 11) is 0. The fourth-order valence-corrected chi connectivity index (χ4v) is 2.94. The number of aromatic nitrogens is 1. The Balaban J connectivity index is 1.73. The summed E-state index contributed by atoms with van der Waals surface area (Å²) in [6.45, 7) is 2.73. The largest absolute Gasteiger partial charge is 0.452 e. The molecule has 3 aromatic rings. The normalized spacial score (nSPS) is 10.6. The molecule has 1 amide bonds. The van der Waals surface area contributed by atoms with E-state index in [0.29, 0.717) is 11.3 Å². The number of anilines is 1. The number of para-hydroxylation sites is 1. The third kappa shape index (κ3) is 4.18. The molecule has 0 saturated carbocycles. The van der Waals surface area contributed by atoms with Gasteiger partial charge in [0.1, 0.15) is 5.82 Å². The summed E-state index contributed by atoms with van der Waals surface area (Å²) in [6, 6.07) is 10.0. The Morgan fingerprint density at radius 2 is 1.93 bits per heavy atom. The third-order valence-electron chi connectivity index (χ3n) is 4.31. The van der Waals surface area contributed by atoms with E-state index in [1.165, 1.54) is 0 Å². The van der Waals surface area contributed by atoms with Crippen LogP contribution in [-0.2, 0) is 9.53 Å². The van der Waals surface area contributed by atoms with E-state index in [0.717, 1.165) is 29.1 Å². The lowest BCUT2D eigenvalue weighted by molar-refractivity contribution is -0.384. The van der Waals surface area contributed by atoms with Crippen molar-refractivity contribution in [3.05, 3.63) is 75.2 Å². The van der Waals surface area contributed by atoms with Crippen LogP contribution < -0.4 is 5.32 Å². The highest BCUT2D eigenvalue weighted by Crippen LogP contribution is 2.24. The second-order valence-corrected chi connectivity index (χ2v) is 6.26. The molecule has 0 unspecified atom stereocenters. The third-order valence-corrected chi connectivity index (χ3v) is 4.31. The van der Waals surface area contributed by atoms with Crippen molar-refractivity contribution >= 4 is 34.2 Å². The van der Waals surface area contributed by atoms with Crippen molar-refractivity contribution in [3.63, 3.8) is 0 Å². The van der Waals surface area contributed by atoms with Crippen molar-refractivity contribution < 1.29 is 23.6 Å². The summed E-state index contributed by atoms with van der Waals surface area (Å²) in [5.41, 5.74) is 1.35. The number of carbonyl (C=O) groups is 2. The minimum absolute atomic E-state index is 0.248. The van der Waals surface area contributed by atoms with E-state index in [-0.39, 0.29) is 16.9 Å².